The van der Waals surface area contributed by atoms with E-state index in [1.54, 1.807) is 0 Å². The zero-order valence-electron chi connectivity index (χ0n) is 45.5. The Bertz CT molecular complexity index is 1040. The highest BCUT2D eigenvalue weighted by Crippen LogP contribution is 2.18. The lowest BCUT2D eigenvalue weighted by Crippen LogP contribution is -2.30. The topological polar surface area (TPSA) is 78.9 Å². The Labute approximate surface area is 418 Å². The summed E-state index contributed by atoms with van der Waals surface area (Å²) in [5.74, 6) is -0.861. The minimum absolute atomic E-state index is 0.0646. The first-order chi connectivity index (χ1) is 33.0. The van der Waals surface area contributed by atoms with Crippen LogP contribution in [0, 0.1) is 0 Å². The van der Waals surface area contributed by atoms with Crippen molar-refractivity contribution in [1.29, 1.82) is 0 Å². The minimum atomic E-state index is -0.759. The van der Waals surface area contributed by atoms with Crippen LogP contribution in [0.2, 0.25) is 0 Å². The van der Waals surface area contributed by atoms with Gasteiger partial charge in [0.15, 0.2) is 6.10 Å². The van der Waals surface area contributed by atoms with E-state index >= 15 is 0 Å². The summed E-state index contributed by atoms with van der Waals surface area (Å²) in [4.78, 5) is 37.7. The third-order valence-electron chi connectivity index (χ3n) is 13.8. The molecule has 1 unspecified atom stereocenters. The number of unbranched alkanes of at least 4 members (excludes halogenated alkanes) is 43. The van der Waals surface area contributed by atoms with Crippen molar-refractivity contribution in [3.8, 4) is 0 Å². The van der Waals surface area contributed by atoms with Crippen LogP contribution in [0.3, 0.4) is 0 Å². The third kappa shape index (κ3) is 55.0. The van der Waals surface area contributed by atoms with Gasteiger partial charge in [0.2, 0.25) is 0 Å². The molecule has 6 heteroatoms. The van der Waals surface area contributed by atoms with Gasteiger partial charge in [-0.15, -0.1) is 0 Å². The van der Waals surface area contributed by atoms with Crippen LogP contribution in [-0.2, 0) is 28.6 Å². The monoisotopic (exact) mass is 945 g/mol. The maximum atomic E-state index is 12.7. The number of esters is 3. The molecule has 0 heterocycles. The van der Waals surface area contributed by atoms with E-state index in [2.05, 4.69) is 32.9 Å². The first-order valence-electron chi connectivity index (χ1n) is 30.2. The fraction of sp³-hybridized carbons (Fsp3) is 0.918. The van der Waals surface area contributed by atoms with Crippen molar-refractivity contribution in [2.24, 2.45) is 0 Å². The van der Waals surface area contributed by atoms with Gasteiger partial charge in [-0.05, 0) is 44.9 Å². The van der Waals surface area contributed by atoms with Crippen LogP contribution in [0.1, 0.15) is 342 Å². The number of hydrogen-bond acceptors (Lipinski definition) is 6. The molecule has 0 aromatic heterocycles. The molecule has 396 valence electrons. The summed E-state index contributed by atoms with van der Waals surface area (Å²) in [7, 11) is 0. The summed E-state index contributed by atoms with van der Waals surface area (Å²) < 4.78 is 16.7. The number of ether oxygens (including phenoxy) is 3. The molecule has 0 rings (SSSR count). The van der Waals surface area contributed by atoms with Gasteiger partial charge in [0.25, 0.3) is 0 Å². The molecule has 0 aromatic rings. The van der Waals surface area contributed by atoms with E-state index in [-0.39, 0.29) is 31.1 Å². The Hall–Kier alpha value is -1.85. The zero-order valence-corrected chi connectivity index (χ0v) is 45.5. The Kier molecular flexibility index (Phi) is 55.2. The summed E-state index contributed by atoms with van der Waals surface area (Å²) in [6.45, 7) is 6.59. The molecule has 0 aromatic carbocycles. The number of hydrogen-bond donors (Lipinski definition) is 0. The van der Waals surface area contributed by atoms with E-state index in [1.165, 1.54) is 238 Å². The van der Waals surface area contributed by atoms with E-state index in [1.807, 2.05) is 0 Å². The van der Waals surface area contributed by atoms with Crippen molar-refractivity contribution >= 4 is 17.9 Å². The predicted molar refractivity (Wildman–Crippen MR) is 289 cm³/mol. The highest BCUT2D eigenvalue weighted by atomic mass is 16.6. The Morgan fingerprint density at radius 1 is 0.284 bits per heavy atom. The van der Waals surface area contributed by atoms with E-state index in [0.717, 1.165) is 64.2 Å². The molecule has 6 nitrogen and oxygen atoms in total. The van der Waals surface area contributed by atoms with Crippen molar-refractivity contribution in [3.63, 3.8) is 0 Å². The van der Waals surface area contributed by atoms with Gasteiger partial charge in [0.1, 0.15) is 13.2 Å². The van der Waals surface area contributed by atoms with Gasteiger partial charge < -0.3 is 14.2 Å². The van der Waals surface area contributed by atoms with Crippen LogP contribution in [0.4, 0.5) is 0 Å². The maximum Gasteiger partial charge on any atom is 0.306 e. The summed E-state index contributed by atoms with van der Waals surface area (Å²) in [5, 5.41) is 0. The van der Waals surface area contributed by atoms with Crippen LogP contribution < -0.4 is 0 Å². The molecule has 0 fully saturated rings. The van der Waals surface area contributed by atoms with Crippen molar-refractivity contribution in [3.05, 3.63) is 12.2 Å². The average molecular weight is 946 g/mol. The van der Waals surface area contributed by atoms with Crippen LogP contribution in [0.5, 0.6) is 0 Å². The predicted octanol–water partition coefficient (Wildman–Crippen LogP) is 20.1. The number of carbonyl (C=O) groups is 3. The molecule has 0 spiro atoms. The van der Waals surface area contributed by atoms with E-state index in [0.29, 0.717) is 19.3 Å². The molecule has 0 saturated carbocycles. The van der Waals surface area contributed by atoms with E-state index < -0.39 is 6.10 Å². The summed E-state index contributed by atoms with van der Waals surface area (Å²) in [6.07, 6.45) is 65.8. The number of carbonyl (C=O) groups excluding carboxylic acids is 3. The van der Waals surface area contributed by atoms with Gasteiger partial charge >= 0.3 is 17.9 Å². The fourth-order valence-corrected chi connectivity index (χ4v) is 9.21. The van der Waals surface area contributed by atoms with Gasteiger partial charge in [0, 0.05) is 19.3 Å². The second-order valence-electron chi connectivity index (χ2n) is 20.6. The molecule has 0 bridgehead atoms. The quantitative estimate of drug-likeness (QED) is 0.0262. The highest BCUT2D eigenvalue weighted by Gasteiger charge is 2.19. The van der Waals surface area contributed by atoms with Crippen LogP contribution in [0.15, 0.2) is 12.2 Å². The Balaban J connectivity index is 3.80. The molecule has 0 amide bonds. The molecule has 0 saturated heterocycles. The summed E-state index contributed by atoms with van der Waals surface area (Å²) in [6, 6.07) is 0. The standard InChI is InChI=1S/C61H116O6/c1-4-7-10-13-15-17-19-20-21-22-23-24-25-26-27-28-29-30-31-32-33-34-35-36-37-38-39-40-42-43-45-48-51-54-60(63)66-57-58(56-65-59(62)53-50-47-12-9-6-3)67-61(64)55-52-49-46-44-41-18-16-14-11-8-5-2/h22-23,58H,4-21,24-57H2,1-3H3/b23-22-. The molecule has 0 N–H and O–H groups in total. The molecule has 0 radical (unpaired) electrons. The van der Waals surface area contributed by atoms with Gasteiger partial charge in [0.05, 0.1) is 0 Å². The maximum absolute atomic E-state index is 12.7. The van der Waals surface area contributed by atoms with Crippen LogP contribution in [-0.4, -0.2) is 37.2 Å². The van der Waals surface area contributed by atoms with Crippen LogP contribution in [0.25, 0.3) is 0 Å². The van der Waals surface area contributed by atoms with E-state index in [4.69, 9.17) is 14.2 Å². The first-order valence-corrected chi connectivity index (χ1v) is 30.2. The molecule has 1 atom stereocenters. The Morgan fingerprint density at radius 3 is 0.746 bits per heavy atom. The first kappa shape index (κ1) is 65.1. The van der Waals surface area contributed by atoms with Gasteiger partial charge in [-0.2, -0.15) is 0 Å². The second-order valence-corrected chi connectivity index (χ2v) is 20.6. The van der Waals surface area contributed by atoms with Crippen molar-refractivity contribution in [2.45, 2.75) is 348 Å². The zero-order chi connectivity index (χ0) is 48.6. The lowest BCUT2D eigenvalue weighted by molar-refractivity contribution is -0.167. The summed E-state index contributed by atoms with van der Waals surface area (Å²) >= 11 is 0. The minimum Gasteiger partial charge on any atom is -0.462 e. The van der Waals surface area contributed by atoms with Gasteiger partial charge in [-0.25, -0.2) is 0 Å². The van der Waals surface area contributed by atoms with Crippen molar-refractivity contribution in [2.75, 3.05) is 13.2 Å². The van der Waals surface area contributed by atoms with Gasteiger partial charge in [-0.3, -0.25) is 14.4 Å². The number of allylic oxidation sites excluding steroid dienone is 2. The third-order valence-corrected chi connectivity index (χ3v) is 13.8. The largest absolute Gasteiger partial charge is 0.462 e. The van der Waals surface area contributed by atoms with Gasteiger partial charge in [-0.1, -0.05) is 290 Å². The highest BCUT2D eigenvalue weighted by molar-refractivity contribution is 5.71. The normalized spacial score (nSPS) is 12.0. The summed E-state index contributed by atoms with van der Waals surface area (Å²) in [5.41, 5.74) is 0. The smallest absolute Gasteiger partial charge is 0.306 e. The molecule has 0 aliphatic rings. The SMILES string of the molecule is CCCCCCCCCC/C=C\CCCCCCCCCCCCCCCCCCCCCCCC(=O)OCC(COC(=O)CCCCCCC)OC(=O)CCCCCCCCCCCCC. The van der Waals surface area contributed by atoms with Crippen molar-refractivity contribution < 1.29 is 28.6 Å². The Morgan fingerprint density at radius 2 is 0.493 bits per heavy atom. The fourth-order valence-electron chi connectivity index (χ4n) is 9.21. The molecule has 0 aliphatic carbocycles. The molecular formula is C61H116O6. The molecule has 0 aliphatic heterocycles. The molecule has 67 heavy (non-hydrogen) atoms. The van der Waals surface area contributed by atoms with E-state index in [9.17, 15) is 14.4 Å². The second kappa shape index (κ2) is 56.7. The van der Waals surface area contributed by atoms with Crippen molar-refractivity contribution in [1.82, 2.24) is 0 Å². The van der Waals surface area contributed by atoms with Crippen LogP contribution >= 0.6 is 0 Å². The average Bonchev–Trinajstić information content (AvgIpc) is 3.33. The molecular weight excluding hydrogens is 829 g/mol. The number of rotatable bonds is 56. The lowest BCUT2D eigenvalue weighted by Gasteiger charge is -2.18. The lowest BCUT2D eigenvalue weighted by atomic mass is 10.0.